The van der Waals surface area contributed by atoms with Gasteiger partial charge in [0.15, 0.2) is 11.6 Å². The Bertz CT molecular complexity index is 887. The molecule has 2 heterocycles. The van der Waals surface area contributed by atoms with Crippen molar-refractivity contribution in [1.29, 1.82) is 0 Å². The standard InChI is InChI=1S/C19H18F3N3O4/c20-10-28-15-5-3-11(8-14(15)22)17(18-13(21)2-1-7-23-18)25-19(27)29-12-4-6-16(26)24-9-12/h1-3,5,7-8,12,17H,4,6,9-10H2,(H,24,26)(H,25,27)/t12?,17-/m0/s1. The fourth-order valence-electron chi connectivity index (χ4n) is 2.91. The van der Waals surface area contributed by atoms with Gasteiger partial charge in [-0.15, -0.1) is 0 Å². The van der Waals surface area contributed by atoms with Crippen LogP contribution in [0.2, 0.25) is 0 Å². The summed E-state index contributed by atoms with van der Waals surface area (Å²) in [5.74, 6) is -2.05. The van der Waals surface area contributed by atoms with E-state index >= 15 is 0 Å². The van der Waals surface area contributed by atoms with Crippen molar-refractivity contribution in [2.75, 3.05) is 13.4 Å². The Morgan fingerprint density at radius 2 is 2.14 bits per heavy atom. The first-order chi connectivity index (χ1) is 14.0. The molecule has 0 bridgehead atoms. The number of alkyl carbamates (subject to hydrolysis) is 1. The lowest BCUT2D eigenvalue weighted by Gasteiger charge is -2.25. The largest absolute Gasteiger partial charge is 0.460 e. The first-order valence-electron chi connectivity index (χ1n) is 8.80. The van der Waals surface area contributed by atoms with Crippen LogP contribution in [0, 0.1) is 11.6 Å². The molecule has 0 saturated carbocycles. The molecule has 1 aliphatic rings. The lowest BCUT2D eigenvalue weighted by Crippen LogP contribution is -2.42. The topological polar surface area (TPSA) is 89.6 Å². The lowest BCUT2D eigenvalue weighted by atomic mass is 10.0. The number of pyridine rings is 1. The van der Waals surface area contributed by atoms with Gasteiger partial charge in [0.25, 0.3) is 0 Å². The molecule has 1 aromatic carbocycles. The number of ether oxygens (including phenoxy) is 2. The van der Waals surface area contributed by atoms with Crippen molar-refractivity contribution < 1.29 is 32.2 Å². The van der Waals surface area contributed by atoms with Gasteiger partial charge in [0.1, 0.15) is 23.7 Å². The van der Waals surface area contributed by atoms with Crippen LogP contribution in [0.25, 0.3) is 0 Å². The van der Waals surface area contributed by atoms with E-state index in [1.807, 2.05) is 0 Å². The molecule has 1 aliphatic heterocycles. The summed E-state index contributed by atoms with van der Waals surface area (Å²) >= 11 is 0. The average molecular weight is 409 g/mol. The zero-order valence-corrected chi connectivity index (χ0v) is 15.2. The van der Waals surface area contributed by atoms with Gasteiger partial charge in [-0.2, -0.15) is 0 Å². The number of halogens is 3. The van der Waals surface area contributed by atoms with Crippen molar-refractivity contribution in [3.05, 3.63) is 59.4 Å². The van der Waals surface area contributed by atoms with E-state index in [0.717, 1.165) is 12.1 Å². The third-order valence-electron chi connectivity index (χ3n) is 4.32. The Labute approximate surface area is 164 Å². The normalized spacial score (nSPS) is 17.2. The van der Waals surface area contributed by atoms with Crippen LogP contribution in [0.4, 0.5) is 18.0 Å². The first-order valence-corrected chi connectivity index (χ1v) is 8.80. The van der Waals surface area contributed by atoms with Crippen LogP contribution in [0.15, 0.2) is 36.5 Å². The summed E-state index contributed by atoms with van der Waals surface area (Å²) in [5, 5.41) is 5.05. The number of amides is 2. The molecule has 2 N–H and O–H groups in total. The van der Waals surface area contributed by atoms with E-state index in [2.05, 4.69) is 20.4 Å². The molecule has 1 aromatic heterocycles. The summed E-state index contributed by atoms with van der Waals surface area (Å²) in [5.41, 5.74) is 0.000150. The fourth-order valence-corrected chi connectivity index (χ4v) is 2.91. The van der Waals surface area contributed by atoms with E-state index in [9.17, 15) is 22.8 Å². The van der Waals surface area contributed by atoms with Gasteiger partial charge in [-0.3, -0.25) is 9.78 Å². The molecule has 1 fully saturated rings. The number of nitrogens with zero attached hydrogens (tertiary/aromatic N) is 1. The van der Waals surface area contributed by atoms with Crippen LogP contribution in [-0.2, 0) is 9.53 Å². The number of carbonyl (C=O) groups is 2. The number of carbonyl (C=O) groups excluding carboxylic acids is 2. The minimum Gasteiger partial charge on any atom is -0.460 e. The second-order valence-corrected chi connectivity index (χ2v) is 6.26. The van der Waals surface area contributed by atoms with Crippen LogP contribution in [0.3, 0.4) is 0 Å². The fraction of sp³-hybridized carbons (Fsp3) is 0.316. The molecule has 10 heteroatoms. The average Bonchev–Trinajstić information content (AvgIpc) is 2.70. The van der Waals surface area contributed by atoms with Gasteiger partial charge in [0.05, 0.1) is 6.54 Å². The minimum absolute atomic E-state index is 0.134. The Kier molecular flexibility index (Phi) is 6.53. The molecule has 154 valence electrons. The van der Waals surface area contributed by atoms with Crippen molar-refractivity contribution in [2.24, 2.45) is 0 Å². The Morgan fingerprint density at radius 1 is 1.31 bits per heavy atom. The maximum atomic E-state index is 14.3. The highest BCUT2D eigenvalue weighted by Crippen LogP contribution is 2.27. The molecule has 0 spiro atoms. The Balaban J connectivity index is 1.82. The third kappa shape index (κ3) is 5.15. The van der Waals surface area contributed by atoms with Crippen LogP contribution >= 0.6 is 0 Å². The highest BCUT2D eigenvalue weighted by atomic mass is 19.1. The summed E-state index contributed by atoms with van der Waals surface area (Å²) in [6, 6.07) is 4.87. The molecule has 2 aromatic rings. The van der Waals surface area contributed by atoms with Gasteiger partial charge >= 0.3 is 6.09 Å². The second kappa shape index (κ2) is 9.26. The monoisotopic (exact) mass is 409 g/mol. The molecule has 1 saturated heterocycles. The first kappa shape index (κ1) is 20.4. The number of benzene rings is 1. The van der Waals surface area contributed by atoms with Crippen molar-refractivity contribution in [1.82, 2.24) is 15.6 Å². The highest BCUT2D eigenvalue weighted by molar-refractivity contribution is 5.77. The van der Waals surface area contributed by atoms with Crippen LogP contribution in [0.1, 0.15) is 30.1 Å². The van der Waals surface area contributed by atoms with E-state index in [-0.39, 0.29) is 35.9 Å². The molecule has 0 radical (unpaired) electrons. The lowest BCUT2D eigenvalue weighted by molar-refractivity contribution is -0.124. The van der Waals surface area contributed by atoms with E-state index in [4.69, 9.17) is 4.74 Å². The molecular formula is C19H18F3N3O4. The van der Waals surface area contributed by atoms with Gasteiger partial charge in [-0.25, -0.2) is 18.0 Å². The number of nitrogens with one attached hydrogen (secondary N) is 2. The number of hydrogen-bond acceptors (Lipinski definition) is 5. The zero-order valence-electron chi connectivity index (χ0n) is 15.2. The quantitative estimate of drug-likeness (QED) is 0.766. The molecule has 1 unspecified atom stereocenters. The molecule has 29 heavy (non-hydrogen) atoms. The molecule has 3 rings (SSSR count). The SMILES string of the molecule is O=C1CCC(OC(=O)N[C@@H](c2ccc(OCF)c(F)c2)c2ncccc2F)CN1. The smallest absolute Gasteiger partial charge is 0.408 e. The zero-order chi connectivity index (χ0) is 20.8. The van der Waals surface area contributed by atoms with E-state index in [1.165, 1.54) is 24.4 Å². The highest BCUT2D eigenvalue weighted by Gasteiger charge is 2.26. The number of hydrogen-bond donors (Lipinski definition) is 2. The van der Waals surface area contributed by atoms with Gasteiger partial charge in [-0.1, -0.05) is 6.07 Å². The van der Waals surface area contributed by atoms with Gasteiger partial charge in [-0.05, 0) is 36.2 Å². The Morgan fingerprint density at radius 3 is 2.79 bits per heavy atom. The van der Waals surface area contributed by atoms with Gasteiger partial charge in [0, 0.05) is 12.6 Å². The van der Waals surface area contributed by atoms with Crippen molar-refractivity contribution in [3.63, 3.8) is 0 Å². The maximum absolute atomic E-state index is 14.3. The van der Waals surface area contributed by atoms with Crippen molar-refractivity contribution >= 4 is 12.0 Å². The van der Waals surface area contributed by atoms with E-state index < -0.39 is 36.7 Å². The molecule has 2 amide bonds. The molecule has 0 aliphatic carbocycles. The number of piperidine rings is 1. The van der Waals surface area contributed by atoms with E-state index in [0.29, 0.717) is 6.42 Å². The maximum Gasteiger partial charge on any atom is 0.408 e. The number of aromatic nitrogens is 1. The summed E-state index contributed by atoms with van der Waals surface area (Å²) in [6.07, 6.45) is 0.472. The van der Waals surface area contributed by atoms with Crippen LogP contribution in [0.5, 0.6) is 5.75 Å². The van der Waals surface area contributed by atoms with Gasteiger partial charge in [0.2, 0.25) is 12.8 Å². The van der Waals surface area contributed by atoms with Crippen LogP contribution in [-0.4, -0.2) is 36.5 Å². The van der Waals surface area contributed by atoms with Crippen molar-refractivity contribution in [2.45, 2.75) is 25.0 Å². The molecule has 2 atom stereocenters. The predicted molar refractivity (Wildman–Crippen MR) is 94.7 cm³/mol. The van der Waals surface area contributed by atoms with E-state index in [1.54, 1.807) is 0 Å². The minimum atomic E-state index is -1.21. The Hall–Kier alpha value is -3.30. The summed E-state index contributed by atoms with van der Waals surface area (Å²) in [6.45, 7) is -1.05. The van der Waals surface area contributed by atoms with Crippen LogP contribution < -0.4 is 15.4 Å². The van der Waals surface area contributed by atoms with Gasteiger partial charge < -0.3 is 20.1 Å². The second-order valence-electron chi connectivity index (χ2n) is 6.26. The summed E-state index contributed by atoms with van der Waals surface area (Å²) in [4.78, 5) is 27.5. The molecular weight excluding hydrogens is 391 g/mol. The van der Waals surface area contributed by atoms with Crippen molar-refractivity contribution in [3.8, 4) is 5.75 Å². The third-order valence-corrected chi connectivity index (χ3v) is 4.32. The predicted octanol–water partition coefficient (Wildman–Crippen LogP) is 2.76. The number of alkyl halides is 1. The molecule has 7 nitrogen and oxygen atoms in total. The number of rotatable bonds is 6. The summed E-state index contributed by atoms with van der Waals surface area (Å²) < 4.78 is 50.6. The summed E-state index contributed by atoms with van der Waals surface area (Å²) in [7, 11) is 0.